The van der Waals surface area contributed by atoms with Gasteiger partial charge in [0, 0.05) is 11.3 Å². The van der Waals surface area contributed by atoms with Crippen molar-refractivity contribution in [2.24, 2.45) is 0 Å². The molecule has 0 unspecified atom stereocenters. The lowest BCUT2D eigenvalue weighted by Crippen LogP contribution is -1.84. The number of aromatic nitrogens is 2. The van der Waals surface area contributed by atoms with Crippen LogP contribution in [0.15, 0.2) is 36.7 Å². The van der Waals surface area contributed by atoms with Crippen molar-refractivity contribution in [2.45, 2.75) is 13.3 Å². The molecule has 3 rings (SSSR count). The minimum absolute atomic E-state index is 0.470. The first-order chi connectivity index (χ1) is 9.28. The van der Waals surface area contributed by atoms with E-state index in [9.17, 15) is 4.79 Å². The smallest absolute Gasteiger partial charge is 0.124 e. The van der Waals surface area contributed by atoms with Crippen molar-refractivity contribution in [2.75, 3.05) is 0 Å². The highest BCUT2D eigenvalue weighted by atomic mass is 32.1. The third kappa shape index (κ3) is 2.27. The number of nitrogens with zero attached hydrogens (tertiary/aromatic N) is 2. The van der Waals surface area contributed by atoms with Crippen LogP contribution >= 0.6 is 11.3 Å². The predicted molar refractivity (Wildman–Crippen MR) is 77.4 cm³/mol. The maximum Gasteiger partial charge on any atom is 0.124 e. The minimum Gasteiger partial charge on any atom is -0.303 e. The predicted octanol–water partition coefficient (Wildman–Crippen LogP) is 3.41. The van der Waals surface area contributed by atoms with Gasteiger partial charge in [0.15, 0.2) is 0 Å². The number of fused-ring (bicyclic) bond motifs is 1. The Hall–Kier alpha value is -2.07. The van der Waals surface area contributed by atoms with Crippen molar-refractivity contribution in [1.29, 1.82) is 0 Å². The maximum absolute atomic E-state index is 10.5. The van der Waals surface area contributed by atoms with Crippen LogP contribution < -0.4 is 0 Å². The zero-order chi connectivity index (χ0) is 13.2. The fraction of sp³-hybridized carbons (Fsp3) is 0.133. The molecule has 0 saturated carbocycles. The number of thiophene rings is 1. The van der Waals surface area contributed by atoms with Crippen molar-refractivity contribution in [3.63, 3.8) is 0 Å². The number of hydrogen-bond acceptors (Lipinski definition) is 4. The Bertz CT molecular complexity index is 731. The highest BCUT2D eigenvalue weighted by molar-refractivity contribution is 7.22. The van der Waals surface area contributed by atoms with Gasteiger partial charge in [0.25, 0.3) is 0 Å². The molecule has 3 aromatic rings. The first kappa shape index (κ1) is 12.0. The Labute approximate surface area is 115 Å². The van der Waals surface area contributed by atoms with E-state index in [0.717, 1.165) is 33.3 Å². The van der Waals surface area contributed by atoms with E-state index >= 15 is 0 Å². The van der Waals surface area contributed by atoms with Gasteiger partial charge in [-0.25, -0.2) is 9.97 Å². The van der Waals surface area contributed by atoms with Crippen molar-refractivity contribution < 1.29 is 4.79 Å². The summed E-state index contributed by atoms with van der Waals surface area (Å²) in [5.74, 6) is 0. The molecule has 0 N–H and O–H groups in total. The van der Waals surface area contributed by atoms with Gasteiger partial charge >= 0.3 is 0 Å². The molecule has 0 aliphatic heterocycles. The second kappa shape index (κ2) is 4.90. The molecule has 0 amide bonds. The van der Waals surface area contributed by atoms with Gasteiger partial charge in [-0.1, -0.05) is 24.3 Å². The summed E-state index contributed by atoms with van der Waals surface area (Å²) in [6.45, 7) is 2.00. The minimum atomic E-state index is 0.470. The monoisotopic (exact) mass is 268 g/mol. The molecule has 2 aromatic heterocycles. The van der Waals surface area contributed by atoms with E-state index in [1.54, 1.807) is 17.7 Å². The number of aldehydes is 1. The summed E-state index contributed by atoms with van der Waals surface area (Å²) < 4.78 is 1.13. The van der Waals surface area contributed by atoms with Gasteiger partial charge < -0.3 is 4.79 Å². The number of aryl methyl sites for hydroxylation is 1. The molecule has 0 aliphatic carbocycles. The molecule has 0 radical (unpaired) electrons. The lowest BCUT2D eigenvalue weighted by molar-refractivity contribution is -0.107. The van der Waals surface area contributed by atoms with Crippen LogP contribution in [0.25, 0.3) is 20.7 Å². The topological polar surface area (TPSA) is 42.9 Å². The van der Waals surface area contributed by atoms with Crippen LogP contribution in [-0.4, -0.2) is 16.3 Å². The fourth-order valence-corrected chi connectivity index (χ4v) is 3.08. The van der Waals surface area contributed by atoms with Crippen LogP contribution in [0.1, 0.15) is 11.3 Å². The Morgan fingerprint density at radius 1 is 1.21 bits per heavy atom. The van der Waals surface area contributed by atoms with Gasteiger partial charge in [-0.3, -0.25) is 0 Å². The van der Waals surface area contributed by atoms with Crippen LogP contribution in [0.2, 0.25) is 0 Å². The fourth-order valence-electron chi connectivity index (χ4n) is 2.02. The molecule has 1 aromatic carbocycles. The summed E-state index contributed by atoms with van der Waals surface area (Å²) in [5, 5.41) is 0. The number of hydrogen-bond donors (Lipinski definition) is 0. The molecule has 0 saturated heterocycles. The summed E-state index contributed by atoms with van der Waals surface area (Å²) in [6.07, 6.45) is 2.99. The number of carbonyl (C=O) groups is 1. The standard InChI is InChI=1S/C15H12N2OS/c1-10-15-13(17-9-16-10)8-14(19-15)12-4-2-11(3-5-12)6-7-18/h2-5,7-9H,6H2,1H3. The Balaban J connectivity index is 2.03. The SMILES string of the molecule is Cc1ncnc2cc(-c3ccc(CC=O)cc3)sc12. The van der Waals surface area contributed by atoms with Crippen molar-refractivity contribution in [3.8, 4) is 10.4 Å². The van der Waals surface area contributed by atoms with Gasteiger partial charge in [0.05, 0.1) is 15.9 Å². The zero-order valence-electron chi connectivity index (χ0n) is 10.5. The van der Waals surface area contributed by atoms with Gasteiger partial charge in [-0.15, -0.1) is 11.3 Å². The normalized spacial score (nSPS) is 10.8. The van der Waals surface area contributed by atoms with Crippen LogP contribution in [0, 0.1) is 6.92 Å². The molecule has 2 heterocycles. The van der Waals surface area contributed by atoms with Crippen molar-refractivity contribution in [1.82, 2.24) is 9.97 Å². The van der Waals surface area contributed by atoms with E-state index in [1.165, 1.54) is 4.88 Å². The average Bonchev–Trinajstić information content (AvgIpc) is 2.85. The second-order valence-corrected chi connectivity index (χ2v) is 5.40. The Morgan fingerprint density at radius 3 is 2.68 bits per heavy atom. The first-order valence-electron chi connectivity index (χ1n) is 6.02. The molecule has 3 nitrogen and oxygen atoms in total. The van der Waals surface area contributed by atoms with E-state index < -0.39 is 0 Å². The Kier molecular flexibility index (Phi) is 3.09. The molecular weight excluding hydrogens is 256 g/mol. The quantitative estimate of drug-likeness (QED) is 0.684. The van der Waals surface area contributed by atoms with E-state index in [4.69, 9.17) is 0 Å². The average molecular weight is 268 g/mol. The molecule has 0 bridgehead atoms. The second-order valence-electron chi connectivity index (χ2n) is 4.35. The summed E-state index contributed by atoms with van der Waals surface area (Å²) in [4.78, 5) is 20.1. The number of benzene rings is 1. The molecule has 0 aliphatic rings. The number of rotatable bonds is 3. The Morgan fingerprint density at radius 2 is 2.00 bits per heavy atom. The lowest BCUT2D eigenvalue weighted by atomic mass is 10.1. The molecular formula is C15H12N2OS. The van der Waals surface area contributed by atoms with Gasteiger partial charge in [-0.2, -0.15) is 0 Å². The van der Waals surface area contributed by atoms with E-state index in [2.05, 4.69) is 16.0 Å². The van der Waals surface area contributed by atoms with Crippen LogP contribution in [0.4, 0.5) is 0 Å². The molecule has 0 fully saturated rings. The van der Waals surface area contributed by atoms with E-state index in [0.29, 0.717) is 6.42 Å². The summed E-state index contributed by atoms with van der Waals surface area (Å²) in [7, 11) is 0. The third-order valence-electron chi connectivity index (χ3n) is 3.05. The molecule has 0 atom stereocenters. The van der Waals surface area contributed by atoms with Crippen molar-refractivity contribution in [3.05, 3.63) is 47.9 Å². The van der Waals surface area contributed by atoms with E-state index in [-0.39, 0.29) is 0 Å². The molecule has 94 valence electrons. The van der Waals surface area contributed by atoms with Crippen LogP contribution in [0.5, 0.6) is 0 Å². The van der Waals surface area contributed by atoms with Crippen LogP contribution in [-0.2, 0) is 11.2 Å². The molecule has 0 spiro atoms. The van der Waals surface area contributed by atoms with Crippen molar-refractivity contribution >= 4 is 27.8 Å². The summed E-state index contributed by atoms with van der Waals surface area (Å²) >= 11 is 1.70. The highest BCUT2D eigenvalue weighted by Crippen LogP contribution is 2.33. The van der Waals surface area contributed by atoms with Crippen LogP contribution in [0.3, 0.4) is 0 Å². The largest absolute Gasteiger partial charge is 0.303 e. The maximum atomic E-state index is 10.5. The first-order valence-corrected chi connectivity index (χ1v) is 6.83. The van der Waals surface area contributed by atoms with Gasteiger partial charge in [-0.05, 0) is 24.1 Å². The summed E-state index contributed by atoms with van der Waals surface area (Å²) in [5.41, 5.74) is 4.19. The van der Waals surface area contributed by atoms with E-state index in [1.807, 2.05) is 31.2 Å². The molecule has 4 heteroatoms. The summed E-state index contributed by atoms with van der Waals surface area (Å²) in [6, 6.07) is 10.2. The third-order valence-corrected chi connectivity index (χ3v) is 4.33. The highest BCUT2D eigenvalue weighted by Gasteiger charge is 2.07. The van der Waals surface area contributed by atoms with Gasteiger partial charge in [0.1, 0.15) is 12.6 Å². The molecule has 19 heavy (non-hydrogen) atoms. The zero-order valence-corrected chi connectivity index (χ0v) is 11.3. The van der Waals surface area contributed by atoms with Gasteiger partial charge in [0.2, 0.25) is 0 Å². The number of carbonyl (C=O) groups excluding carboxylic acids is 1. The lowest BCUT2D eigenvalue weighted by Gasteiger charge is -1.98.